The fourth-order valence-electron chi connectivity index (χ4n) is 4.69. The van der Waals surface area contributed by atoms with Gasteiger partial charge in [0.25, 0.3) is 17.4 Å². The van der Waals surface area contributed by atoms with Crippen LogP contribution in [0, 0.1) is 0 Å². The van der Waals surface area contributed by atoms with Crippen LogP contribution in [0.15, 0.2) is 64.3 Å². The number of nitrogens with one attached hydrogen (secondary N) is 3. The van der Waals surface area contributed by atoms with Crippen LogP contribution in [0.1, 0.15) is 75.9 Å². The minimum absolute atomic E-state index is 0.0115. The molecule has 0 aliphatic heterocycles. The van der Waals surface area contributed by atoms with Gasteiger partial charge in [0, 0.05) is 21.8 Å². The van der Waals surface area contributed by atoms with Crippen LogP contribution in [-0.2, 0) is 15.6 Å². The molecule has 0 radical (unpaired) electrons. The van der Waals surface area contributed by atoms with Crippen molar-refractivity contribution in [3.05, 3.63) is 96.7 Å². The van der Waals surface area contributed by atoms with Gasteiger partial charge in [-0.25, -0.2) is 4.68 Å². The Bertz CT molecular complexity index is 1830. The summed E-state index contributed by atoms with van der Waals surface area (Å²) in [5, 5.41) is 8.76. The van der Waals surface area contributed by atoms with E-state index in [9.17, 15) is 14.4 Å². The summed E-state index contributed by atoms with van der Waals surface area (Å²) in [5.41, 5.74) is 2.33. The molecule has 0 aliphatic carbocycles. The summed E-state index contributed by atoms with van der Waals surface area (Å²) in [6, 6.07) is 15.4. The van der Waals surface area contributed by atoms with E-state index < -0.39 is 11.5 Å². The Balaban J connectivity index is 1.47. The molecule has 1 aromatic heterocycles. The molecule has 0 fully saturated rings. The molecule has 0 saturated heterocycles. The van der Waals surface area contributed by atoms with Crippen molar-refractivity contribution in [2.45, 2.75) is 70.1 Å². The number of carbonyl (C=O) groups is 2. The Kier molecular flexibility index (Phi) is 10.9. The Morgan fingerprint density at radius 3 is 2.20 bits per heavy atom. The van der Waals surface area contributed by atoms with E-state index in [0.29, 0.717) is 16.5 Å². The molecule has 3 aromatic carbocycles. The number of aromatic nitrogens is 2. The molecule has 0 bridgehead atoms. The monoisotopic (exact) mass is 702 g/mol. The number of rotatable bonds is 11. The first-order valence-electron chi connectivity index (χ1n) is 14.8. The molecule has 0 aliphatic rings. The second-order valence-electron chi connectivity index (χ2n) is 12.3. The highest BCUT2D eigenvalue weighted by Gasteiger charge is 2.27. The van der Waals surface area contributed by atoms with E-state index in [0.717, 1.165) is 23.1 Å². The first kappa shape index (κ1) is 35.5. The van der Waals surface area contributed by atoms with Gasteiger partial charge in [-0.05, 0) is 65.6 Å². The van der Waals surface area contributed by atoms with Crippen molar-refractivity contribution < 1.29 is 14.3 Å². The number of amides is 2. The lowest BCUT2D eigenvalue weighted by molar-refractivity contribution is -0.118. The van der Waals surface area contributed by atoms with Gasteiger partial charge in [0.15, 0.2) is 6.61 Å². The third-order valence-corrected chi connectivity index (χ3v) is 9.54. The number of anilines is 2. The number of benzene rings is 3. The Morgan fingerprint density at radius 2 is 1.57 bits per heavy atom. The predicted octanol–water partition coefficient (Wildman–Crippen LogP) is 9.06. The van der Waals surface area contributed by atoms with Crippen molar-refractivity contribution in [2.75, 3.05) is 17.2 Å². The second kappa shape index (κ2) is 14.2. The summed E-state index contributed by atoms with van der Waals surface area (Å²) in [6.07, 6.45) is 1.89. The highest BCUT2D eigenvalue weighted by atomic mass is 35.5. The lowest BCUT2D eigenvalue weighted by Crippen LogP contribution is -2.24. The molecular formula is C34H37Cl3N4O4S. The quantitative estimate of drug-likeness (QED) is 0.117. The lowest BCUT2D eigenvalue weighted by atomic mass is 9.76. The number of ether oxygens (including phenoxy) is 1. The van der Waals surface area contributed by atoms with Crippen molar-refractivity contribution in [2.24, 2.45) is 0 Å². The first-order chi connectivity index (χ1) is 21.6. The van der Waals surface area contributed by atoms with Gasteiger partial charge in [-0.15, -0.1) is 12.6 Å². The minimum atomic E-state index is -0.583. The van der Waals surface area contributed by atoms with E-state index >= 15 is 0 Å². The van der Waals surface area contributed by atoms with E-state index in [-0.39, 0.29) is 55.4 Å². The normalized spacial score (nSPS) is 11.8. The predicted molar refractivity (Wildman–Crippen MR) is 190 cm³/mol. The van der Waals surface area contributed by atoms with Crippen LogP contribution in [0.25, 0.3) is 5.69 Å². The van der Waals surface area contributed by atoms with Gasteiger partial charge in [0.05, 0.1) is 10.0 Å². The van der Waals surface area contributed by atoms with Crippen molar-refractivity contribution in [1.82, 2.24) is 9.78 Å². The van der Waals surface area contributed by atoms with E-state index in [1.165, 1.54) is 23.8 Å². The van der Waals surface area contributed by atoms with E-state index in [1.807, 2.05) is 6.07 Å². The fraction of sp³-hybridized carbons (Fsp3) is 0.324. The number of halogens is 3. The van der Waals surface area contributed by atoms with Gasteiger partial charge in [-0.3, -0.25) is 19.5 Å². The van der Waals surface area contributed by atoms with Gasteiger partial charge in [-0.2, -0.15) is 0 Å². The van der Waals surface area contributed by atoms with Gasteiger partial charge in [0.1, 0.15) is 22.2 Å². The zero-order chi connectivity index (χ0) is 34.0. The van der Waals surface area contributed by atoms with Gasteiger partial charge in [-0.1, -0.05) is 94.5 Å². The molecular weight excluding hydrogens is 667 g/mol. The summed E-state index contributed by atoms with van der Waals surface area (Å²) < 4.78 is 7.11. The fourth-order valence-corrected chi connectivity index (χ4v) is 5.88. The number of thiol groups is 1. The van der Waals surface area contributed by atoms with Crippen LogP contribution in [-0.4, -0.2) is 28.2 Å². The summed E-state index contributed by atoms with van der Waals surface area (Å²) >= 11 is 22.8. The number of aromatic amines is 1. The Labute approximate surface area is 289 Å². The topological polar surface area (TPSA) is 105 Å². The van der Waals surface area contributed by atoms with Crippen LogP contribution in [0.4, 0.5) is 11.5 Å². The maximum Gasteiger partial charge on any atom is 0.286 e. The molecule has 0 saturated carbocycles. The zero-order valence-corrected chi connectivity index (χ0v) is 29.6. The average molecular weight is 704 g/mol. The summed E-state index contributed by atoms with van der Waals surface area (Å²) in [7, 11) is 0. The third-order valence-electron chi connectivity index (χ3n) is 8.34. The summed E-state index contributed by atoms with van der Waals surface area (Å²) in [4.78, 5) is 38.9. The first-order valence-corrected chi connectivity index (χ1v) is 16.3. The molecule has 3 N–H and O–H groups in total. The maximum absolute atomic E-state index is 13.1. The lowest BCUT2D eigenvalue weighted by Gasteiger charge is -2.30. The number of carbonyl (C=O) groups excluding carboxylic acids is 2. The molecule has 0 atom stereocenters. The summed E-state index contributed by atoms with van der Waals surface area (Å²) in [6.45, 7) is 12.8. The molecule has 2 amide bonds. The van der Waals surface area contributed by atoms with Crippen LogP contribution < -0.4 is 20.9 Å². The molecule has 244 valence electrons. The second-order valence-corrected chi connectivity index (χ2v) is 13.9. The number of hydrogen-bond donors (Lipinski definition) is 4. The number of nitrogens with zero attached hydrogens (tertiary/aromatic N) is 1. The van der Waals surface area contributed by atoms with E-state index in [1.54, 1.807) is 18.2 Å². The molecule has 8 nitrogen and oxygen atoms in total. The molecule has 12 heteroatoms. The van der Waals surface area contributed by atoms with Gasteiger partial charge in [0.2, 0.25) is 0 Å². The van der Waals surface area contributed by atoms with Crippen LogP contribution in [0.5, 0.6) is 5.75 Å². The van der Waals surface area contributed by atoms with E-state index in [2.05, 4.69) is 82.0 Å². The Morgan fingerprint density at radius 1 is 0.913 bits per heavy atom. The number of hydrogen-bond acceptors (Lipinski definition) is 5. The Hall–Kier alpha value is -3.37. The standard InChI is InChI=1S/C34H37Cl3N4O4S/c1-7-33(3,4)20-12-13-26(23(15-20)34(5,6)8-2)45-18-27(42)38-22-11-9-10-19(14-22)31(43)39-30-29(46)32(44)41(40-30)28-24(36)16-21(35)17-25(28)37/h9-17,40,46H,7-8,18H2,1-6H3,(H,38,42)(H,39,43). The largest absolute Gasteiger partial charge is 0.483 e. The van der Waals surface area contributed by atoms with Gasteiger partial charge < -0.3 is 15.4 Å². The van der Waals surface area contributed by atoms with Crippen molar-refractivity contribution >= 4 is 70.8 Å². The zero-order valence-electron chi connectivity index (χ0n) is 26.5. The SMILES string of the molecule is CCC(C)(C)c1ccc(OCC(=O)Nc2cccc(C(=O)Nc3[nH]n(-c4c(Cl)cc(Cl)cc4Cl)c(=O)c3S)c2)c(C(C)(C)CC)c1. The van der Waals surface area contributed by atoms with Crippen LogP contribution >= 0.6 is 47.4 Å². The van der Waals surface area contributed by atoms with Crippen LogP contribution in [0.2, 0.25) is 15.1 Å². The molecule has 1 heterocycles. The van der Waals surface area contributed by atoms with E-state index in [4.69, 9.17) is 39.5 Å². The maximum atomic E-state index is 13.1. The van der Waals surface area contributed by atoms with Crippen LogP contribution in [0.3, 0.4) is 0 Å². The third kappa shape index (κ3) is 7.77. The molecule has 0 unspecified atom stereocenters. The van der Waals surface area contributed by atoms with Gasteiger partial charge >= 0.3 is 0 Å². The smallest absolute Gasteiger partial charge is 0.286 e. The van der Waals surface area contributed by atoms with Crippen molar-refractivity contribution in [3.8, 4) is 11.4 Å². The number of H-pyrrole nitrogens is 1. The minimum Gasteiger partial charge on any atom is -0.483 e. The molecule has 4 aromatic rings. The average Bonchev–Trinajstić information content (AvgIpc) is 3.27. The van der Waals surface area contributed by atoms with Crippen molar-refractivity contribution in [1.29, 1.82) is 0 Å². The summed E-state index contributed by atoms with van der Waals surface area (Å²) in [5.74, 6) is -0.240. The molecule has 4 rings (SSSR count). The molecule has 0 spiro atoms. The highest BCUT2D eigenvalue weighted by Crippen LogP contribution is 2.38. The molecule has 46 heavy (non-hydrogen) atoms. The highest BCUT2D eigenvalue weighted by molar-refractivity contribution is 7.80. The van der Waals surface area contributed by atoms with Crippen molar-refractivity contribution in [3.63, 3.8) is 0 Å².